The van der Waals surface area contributed by atoms with Gasteiger partial charge in [-0.05, 0) is 24.4 Å². The van der Waals surface area contributed by atoms with Crippen molar-refractivity contribution in [2.24, 2.45) is 4.99 Å². The highest BCUT2D eigenvalue weighted by molar-refractivity contribution is 7.78. The molecule has 0 amide bonds. The number of halogens is 4. The third-order valence-electron chi connectivity index (χ3n) is 1.33. The van der Waals surface area contributed by atoms with Crippen molar-refractivity contribution in [3.63, 3.8) is 0 Å². The standard InChI is InChI=1S/C8H3F4NOS/c9-7-5(13-4-15)2-1-3-6(7)14-8(10,11)12/h1-3H. The molecule has 0 aliphatic heterocycles. The van der Waals surface area contributed by atoms with E-state index in [4.69, 9.17) is 0 Å². The van der Waals surface area contributed by atoms with Crippen LogP contribution in [0.1, 0.15) is 0 Å². The van der Waals surface area contributed by atoms with Crippen molar-refractivity contribution in [1.82, 2.24) is 0 Å². The normalized spacial score (nSPS) is 10.7. The second-order valence-electron chi connectivity index (χ2n) is 2.34. The van der Waals surface area contributed by atoms with Gasteiger partial charge in [-0.2, -0.15) is 4.99 Å². The number of thiocarbonyl (C=S) groups is 1. The molecule has 0 saturated carbocycles. The average molecular weight is 237 g/mol. The molecule has 0 aromatic heterocycles. The lowest BCUT2D eigenvalue weighted by atomic mass is 10.3. The van der Waals surface area contributed by atoms with E-state index in [1.54, 1.807) is 0 Å². The van der Waals surface area contributed by atoms with Gasteiger partial charge in [0.2, 0.25) is 0 Å². The number of hydrogen-bond donors (Lipinski definition) is 0. The molecule has 0 spiro atoms. The van der Waals surface area contributed by atoms with Gasteiger partial charge in [-0.3, -0.25) is 0 Å². The van der Waals surface area contributed by atoms with Gasteiger partial charge in [0.1, 0.15) is 5.69 Å². The molecule has 80 valence electrons. The van der Waals surface area contributed by atoms with Crippen molar-refractivity contribution >= 4 is 23.1 Å². The molecule has 0 bridgehead atoms. The zero-order chi connectivity index (χ0) is 11.5. The number of alkyl halides is 3. The van der Waals surface area contributed by atoms with Gasteiger partial charge in [-0.25, -0.2) is 4.39 Å². The smallest absolute Gasteiger partial charge is 0.403 e. The molecule has 0 fully saturated rings. The lowest BCUT2D eigenvalue weighted by molar-refractivity contribution is -0.275. The Labute approximate surface area is 87.2 Å². The Morgan fingerprint density at radius 2 is 2.00 bits per heavy atom. The van der Waals surface area contributed by atoms with Crippen LogP contribution < -0.4 is 4.74 Å². The van der Waals surface area contributed by atoms with Crippen molar-refractivity contribution in [2.45, 2.75) is 6.36 Å². The highest BCUT2D eigenvalue weighted by Gasteiger charge is 2.32. The number of nitrogens with zero attached hydrogens (tertiary/aromatic N) is 1. The molecule has 0 radical (unpaired) electrons. The number of rotatable bonds is 2. The van der Waals surface area contributed by atoms with Crippen LogP contribution in [0.3, 0.4) is 0 Å². The van der Waals surface area contributed by atoms with Crippen molar-refractivity contribution in [3.05, 3.63) is 24.0 Å². The molecule has 7 heteroatoms. The summed E-state index contributed by atoms with van der Waals surface area (Å²) in [6.07, 6.45) is -4.94. The van der Waals surface area contributed by atoms with Crippen LogP contribution in [0.5, 0.6) is 5.75 Å². The summed E-state index contributed by atoms with van der Waals surface area (Å²) in [5.41, 5.74) is -0.355. The second-order valence-corrected chi connectivity index (χ2v) is 2.52. The molecule has 15 heavy (non-hydrogen) atoms. The Morgan fingerprint density at radius 3 is 2.53 bits per heavy atom. The van der Waals surface area contributed by atoms with E-state index < -0.39 is 17.9 Å². The topological polar surface area (TPSA) is 21.6 Å². The van der Waals surface area contributed by atoms with Crippen LogP contribution in [0.2, 0.25) is 0 Å². The zero-order valence-corrected chi connectivity index (χ0v) is 7.82. The van der Waals surface area contributed by atoms with Crippen molar-refractivity contribution in [2.75, 3.05) is 0 Å². The van der Waals surface area contributed by atoms with Crippen molar-refractivity contribution < 1.29 is 22.3 Å². The SMILES string of the molecule is Fc1c(N=C=S)cccc1OC(F)(F)F. The molecule has 0 atom stereocenters. The van der Waals surface area contributed by atoms with E-state index in [-0.39, 0.29) is 5.69 Å². The van der Waals surface area contributed by atoms with Gasteiger partial charge in [0.05, 0.1) is 5.16 Å². The second kappa shape index (κ2) is 4.37. The number of ether oxygens (including phenoxy) is 1. The van der Waals surface area contributed by atoms with Crippen LogP contribution in [-0.4, -0.2) is 11.5 Å². The summed E-state index contributed by atoms with van der Waals surface area (Å²) < 4.78 is 52.0. The minimum atomic E-state index is -4.94. The van der Waals surface area contributed by atoms with Gasteiger partial charge in [-0.15, -0.1) is 13.2 Å². The van der Waals surface area contributed by atoms with E-state index in [1.807, 2.05) is 5.16 Å². The maximum atomic E-state index is 13.2. The summed E-state index contributed by atoms with van der Waals surface area (Å²) in [6.45, 7) is 0. The maximum absolute atomic E-state index is 13.2. The summed E-state index contributed by atoms with van der Waals surface area (Å²) in [5, 5.41) is 1.85. The molecule has 0 aliphatic rings. The van der Waals surface area contributed by atoms with Gasteiger partial charge >= 0.3 is 6.36 Å². The highest BCUT2D eigenvalue weighted by atomic mass is 32.1. The summed E-state index contributed by atoms with van der Waals surface area (Å²) in [7, 11) is 0. The quantitative estimate of drug-likeness (QED) is 0.446. The first-order valence-corrected chi connectivity index (χ1v) is 3.97. The molecule has 0 unspecified atom stereocenters. The monoisotopic (exact) mass is 237 g/mol. The lowest BCUT2D eigenvalue weighted by Gasteiger charge is -2.09. The predicted octanol–water partition coefficient (Wildman–Crippen LogP) is 3.46. The van der Waals surface area contributed by atoms with Crippen LogP contribution in [0.15, 0.2) is 23.2 Å². The van der Waals surface area contributed by atoms with Gasteiger partial charge in [0.25, 0.3) is 0 Å². The van der Waals surface area contributed by atoms with E-state index >= 15 is 0 Å². The van der Waals surface area contributed by atoms with Crippen LogP contribution in [-0.2, 0) is 0 Å². The number of benzene rings is 1. The fourth-order valence-corrected chi connectivity index (χ4v) is 0.937. The van der Waals surface area contributed by atoms with Crippen LogP contribution >= 0.6 is 12.2 Å². The minimum absolute atomic E-state index is 0.355. The third kappa shape index (κ3) is 3.30. The molecular formula is C8H3F4NOS. The largest absolute Gasteiger partial charge is 0.573 e. The Hall–Kier alpha value is -1.46. The first-order valence-electron chi connectivity index (χ1n) is 3.56. The van der Waals surface area contributed by atoms with Crippen LogP contribution in [0, 0.1) is 5.82 Å². The lowest BCUT2D eigenvalue weighted by Crippen LogP contribution is -2.17. The maximum Gasteiger partial charge on any atom is 0.573 e. The van der Waals surface area contributed by atoms with Crippen molar-refractivity contribution in [3.8, 4) is 5.75 Å². The molecular weight excluding hydrogens is 234 g/mol. The Bertz CT molecular complexity index is 412. The first kappa shape index (κ1) is 11.6. The highest BCUT2D eigenvalue weighted by Crippen LogP contribution is 2.30. The average Bonchev–Trinajstić information content (AvgIpc) is 2.10. The predicted molar refractivity (Wildman–Crippen MR) is 47.8 cm³/mol. The van der Waals surface area contributed by atoms with Crippen molar-refractivity contribution in [1.29, 1.82) is 0 Å². The van der Waals surface area contributed by atoms with Crippen LogP contribution in [0.4, 0.5) is 23.2 Å². The minimum Gasteiger partial charge on any atom is -0.403 e. The van der Waals surface area contributed by atoms with Crippen LogP contribution in [0.25, 0.3) is 0 Å². The molecule has 0 saturated heterocycles. The summed E-state index contributed by atoms with van der Waals surface area (Å²) in [5.74, 6) is -2.18. The number of aliphatic imine (C=N–C) groups is 1. The number of isothiocyanates is 1. The van der Waals surface area contributed by atoms with E-state index in [9.17, 15) is 17.6 Å². The van der Waals surface area contributed by atoms with E-state index in [2.05, 4.69) is 21.9 Å². The molecule has 0 heterocycles. The zero-order valence-electron chi connectivity index (χ0n) is 7.01. The molecule has 0 aliphatic carbocycles. The molecule has 1 rings (SSSR count). The molecule has 0 N–H and O–H groups in total. The Kier molecular flexibility index (Phi) is 3.39. The summed E-state index contributed by atoms with van der Waals surface area (Å²) >= 11 is 4.20. The van der Waals surface area contributed by atoms with Gasteiger partial charge in [0, 0.05) is 0 Å². The van der Waals surface area contributed by atoms with E-state index in [0.717, 1.165) is 18.2 Å². The Morgan fingerprint density at radius 1 is 1.33 bits per heavy atom. The van der Waals surface area contributed by atoms with E-state index in [1.165, 1.54) is 0 Å². The Balaban J connectivity index is 3.10. The fraction of sp³-hybridized carbons (Fsp3) is 0.125. The fourth-order valence-electron chi connectivity index (χ4n) is 0.838. The molecule has 1 aromatic carbocycles. The van der Waals surface area contributed by atoms with Gasteiger partial charge in [0.15, 0.2) is 11.6 Å². The molecule has 2 nitrogen and oxygen atoms in total. The first-order chi connectivity index (χ1) is 6.94. The summed E-state index contributed by atoms with van der Waals surface area (Å²) in [4.78, 5) is 3.24. The van der Waals surface area contributed by atoms with Gasteiger partial charge in [-0.1, -0.05) is 6.07 Å². The third-order valence-corrected chi connectivity index (χ3v) is 1.43. The number of hydrogen-bond acceptors (Lipinski definition) is 3. The van der Waals surface area contributed by atoms with Gasteiger partial charge < -0.3 is 4.74 Å². The summed E-state index contributed by atoms with van der Waals surface area (Å²) in [6, 6.07) is 3.15. The van der Waals surface area contributed by atoms with E-state index in [0.29, 0.717) is 0 Å². The molecule has 1 aromatic rings.